The van der Waals surface area contributed by atoms with E-state index in [1.54, 1.807) is 11.8 Å². The van der Waals surface area contributed by atoms with Gasteiger partial charge in [-0.05, 0) is 24.0 Å². The number of benzene rings is 1. The average Bonchev–Trinajstić information content (AvgIpc) is 2.17. The fourth-order valence-electron chi connectivity index (χ4n) is 1.73. The highest BCUT2D eigenvalue weighted by molar-refractivity contribution is 7.98. The molecule has 1 aromatic rings. The molecular formula is C11H16N2S. The van der Waals surface area contributed by atoms with E-state index in [4.69, 9.17) is 5.73 Å². The van der Waals surface area contributed by atoms with Crippen molar-refractivity contribution in [2.45, 2.75) is 17.5 Å². The zero-order chi connectivity index (χ0) is 9.97. The first-order valence-electron chi connectivity index (χ1n) is 4.89. The smallest absolute Gasteiger partial charge is 0.0297 e. The standard InChI is InChI=1S/C11H16N2S/c1-14-11-4-2-9(3-5-11)6-13-7-10(12)8-13/h2-5,10H,6-8,12H2,1H3. The quantitative estimate of drug-likeness (QED) is 0.764. The number of nitrogens with zero attached hydrogens (tertiary/aromatic N) is 1. The van der Waals surface area contributed by atoms with Gasteiger partial charge in [-0.15, -0.1) is 11.8 Å². The average molecular weight is 208 g/mol. The fourth-order valence-corrected chi connectivity index (χ4v) is 2.14. The molecule has 2 nitrogen and oxygen atoms in total. The molecule has 0 aliphatic carbocycles. The molecule has 0 spiro atoms. The molecule has 2 N–H and O–H groups in total. The van der Waals surface area contributed by atoms with E-state index in [-0.39, 0.29) is 0 Å². The van der Waals surface area contributed by atoms with Crippen LogP contribution < -0.4 is 5.73 Å². The van der Waals surface area contributed by atoms with Gasteiger partial charge in [-0.3, -0.25) is 4.90 Å². The van der Waals surface area contributed by atoms with Crippen LogP contribution in [0.4, 0.5) is 0 Å². The van der Waals surface area contributed by atoms with Crippen molar-refractivity contribution in [3.8, 4) is 0 Å². The second-order valence-electron chi connectivity index (χ2n) is 3.80. The molecule has 1 aliphatic heterocycles. The molecule has 0 saturated carbocycles. The molecule has 0 radical (unpaired) electrons. The van der Waals surface area contributed by atoms with Crippen LogP contribution >= 0.6 is 11.8 Å². The van der Waals surface area contributed by atoms with Crippen LogP contribution in [-0.2, 0) is 6.54 Å². The van der Waals surface area contributed by atoms with Crippen molar-refractivity contribution in [2.24, 2.45) is 5.73 Å². The molecule has 1 aromatic carbocycles. The molecular weight excluding hydrogens is 192 g/mol. The van der Waals surface area contributed by atoms with E-state index in [1.165, 1.54) is 10.5 Å². The minimum atomic E-state index is 0.403. The number of likely N-dealkylation sites (tertiary alicyclic amines) is 1. The lowest BCUT2D eigenvalue weighted by Crippen LogP contribution is -2.54. The maximum Gasteiger partial charge on any atom is 0.0297 e. The predicted octanol–water partition coefficient (Wildman–Crippen LogP) is 1.55. The second-order valence-corrected chi connectivity index (χ2v) is 4.68. The normalized spacial score (nSPS) is 18.1. The van der Waals surface area contributed by atoms with E-state index in [1.807, 2.05) is 0 Å². The molecule has 1 aliphatic rings. The Kier molecular flexibility index (Phi) is 3.11. The van der Waals surface area contributed by atoms with Gasteiger partial charge in [0.15, 0.2) is 0 Å². The molecule has 2 rings (SSSR count). The van der Waals surface area contributed by atoms with Crippen LogP contribution in [0.1, 0.15) is 5.56 Å². The second kappa shape index (κ2) is 4.34. The van der Waals surface area contributed by atoms with E-state index in [0.717, 1.165) is 19.6 Å². The minimum absolute atomic E-state index is 0.403. The number of rotatable bonds is 3. The van der Waals surface area contributed by atoms with Crippen molar-refractivity contribution >= 4 is 11.8 Å². The summed E-state index contributed by atoms with van der Waals surface area (Å²) in [5.74, 6) is 0. The molecule has 14 heavy (non-hydrogen) atoms. The molecule has 1 saturated heterocycles. The van der Waals surface area contributed by atoms with Crippen LogP contribution in [0.3, 0.4) is 0 Å². The zero-order valence-corrected chi connectivity index (χ0v) is 9.26. The summed E-state index contributed by atoms with van der Waals surface area (Å²) in [6.07, 6.45) is 2.10. The van der Waals surface area contributed by atoms with Gasteiger partial charge in [0.1, 0.15) is 0 Å². The van der Waals surface area contributed by atoms with Gasteiger partial charge in [-0.2, -0.15) is 0 Å². The lowest BCUT2D eigenvalue weighted by molar-refractivity contribution is 0.142. The van der Waals surface area contributed by atoms with Crippen LogP contribution in [-0.4, -0.2) is 30.3 Å². The van der Waals surface area contributed by atoms with Crippen molar-refractivity contribution < 1.29 is 0 Å². The first-order valence-corrected chi connectivity index (χ1v) is 6.11. The van der Waals surface area contributed by atoms with Gasteiger partial charge < -0.3 is 5.73 Å². The van der Waals surface area contributed by atoms with Gasteiger partial charge in [0, 0.05) is 30.6 Å². The third-order valence-corrected chi connectivity index (χ3v) is 3.29. The predicted molar refractivity (Wildman–Crippen MR) is 61.5 cm³/mol. The van der Waals surface area contributed by atoms with Crippen LogP contribution in [0.15, 0.2) is 29.2 Å². The summed E-state index contributed by atoms with van der Waals surface area (Å²) in [5, 5.41) is 0. The zero-order valence-electron chi connectivity index (χ0n) is 8.44. The van der Waals surface area contributed by atoms with E-state index < -0.39 is 0 Å². The molecule has 0 atom stereocenters. The van der Waals surface area contributed by atoms with Crippen molar-refractivity contribution in [1.29, 1.82) is 0 Å². The van der Waals surface area contributed by atoms with E-state index in [9.17, 15) is 0 Å². The number of thioether (sulfide) groups is 1. The van der Waals surface area contributed by atoms with Gasteiger partial charge in [0.25, 0.3) is 0 Å². The molecule has 0 amide bonds. The Morgan fingerprint density at radius 1 is 1.36 bits per heavy atom. The Morgan fingerprint density at radius 2 is 2.00 bits per heavy atom. The third kappa shape index (κ3) is 2.29. The van der Waals surface area contributed by atoms with Crippen molar-refractivity contribution in [2.75, 3.05) is 19.3 Å². The summed E-state index contributed by atoms with van der Waals surface area (Å²) in [6.45, 7) is 3.14. The van der Waals surface area contributed by atoms with Crippen molar-refractivity contribution in [3.05, 3.63) is 29.8 Å². The summed E-state index contributed by atoms with van der Waals surface area (Å²) in [7, 11) is 0. The molecule has 0 unspecified atom stereocenters. The van der Waals surface area contributed by atoms with E-state index in [0.29, 0.717) is 6.04 Å². The number of hydrogen-bond acceptors (Lipinski definition) is 3. The van der Waals surface area contributed by atoms with Gasteiger partial charge >= 0.3 is 0 Å². The highest BCUT2D eigenvalue weighted by Crippen LogP contribution is 2.17. The van der Waals surface area contributed by atoms with Crippen LogP contribution in [0.2, 0.25) is 0 Å². The molecule has 1 fully saturated rings. The monoisotopic (exact) mass is 208 g/mol. The van der Waals surface area contributed by atoms with Gasteiger partial charge in [0.05, 0.1) is 0 Å². The van der Waals surface area contributed by atoms with E-state index >= 15 is 0 Å². The van der Waals surface area contributed by atoms with Crippen LogP contribution in [0.5, 0.6) is 0 Å². The SMILES string of the molecule is CSc1ccc(CN2CC(N)C2)cc1. The molecule has 1 heterocycles. The van der Waals surface area contributed by atoms with Gasteiger partial charge in [-0.1, -0.05) is 12.1 Å². The summed E-state index contributed by atoms with van der Waals surface area (Å²) in [5.41, 5.74) is 7.11. The highest BCUT2D eigenvalue weighted by atomic mass is 32.2. The maximum atomic E-state index is 5.72. The Balaban J connectivity index is 1.90. The van der Waals surface area contributed by atoms with Gasteiger partial charge in [-0.25, -0.2) is 0 Å². The lowest BCUT2D eigenvalue weighted by Gasteiger charge is -2.36. The molecule has 0 aromatic heterocycles. The summed E-state index contributed by atoms with van der Waals surface area (Å²) >= 11 is 1.78. The topological polar surface area (TPSA) is 29.3 Å². The summed E-state index contributed by atoms with van der Waals surface area (Å²) in [4.78, 5) is 3.70. The number of hydrogen-bond donors (Lipinski definition) is 1. The van der Waals surface area contributed by atoms with E-state index in [2.05, 4.69) is 35.4 Å². The van der Waals surface area contributed by atoms with Crippen molar-refractivity contribution in [3.63, 3.8) is 0 Å². The van der Waals surface area contributed by atoms with Crippen LogP contribution in [0, 0.1) is 0 Å². The Bertz CT molecular complexity index is 291. The summed E-state index contributed by atoms with van der Waals surface area (Å²) < 4.78 is 0. The van der Waals surface area contributed by atoms with Crippen LogP contribution in [0.25, 0.3) is 0 Å². The molecule has 76 valence electrons. The first kappa shape index (κ1) is 10.0. The minimum Gasteiger partial charge on any atom is -0.325 e. The van der Waals surface area contributed by atoms with Gasteiger partial charge in [0.2, 0.25) is 0 Å². The Hall–Kier alpha value is -0.510. The first-order chi connectivity index (χ1) is 6.78. The molecule has 0 bridgehead atoms. The lowest BCUT2D eigenvalue weighted by atomic mass is 10.1. The number of nitrogens with two attached hydrogens (primary N) is 1. The largest absolute Gasteiger partial charge is 0.325 e. The summed E-state index contributed by atoms with van der Waals surface area (Å²) in [6, 6.07) is 9.17. The Labute approximate surface area is 89.5 Å². The van der Waals surface area contributed by atoms with Crippen molar-refractivity contribution in [1.82, 2.24) is 4.90 Å². The fraction of sp³-hybridized carbons (Fsp3) is 0.455. The maximum absolute atomic E-state index is 5.72. The Morgan fingerprint density at radius 3 is 2.50 bits per heavy atom. The third-order valence-electron chi connectivity index (χ3n) is 2.55. The molecule has 3 heteroatoms. The highest BCUT2D eigenvalue weighted by Gasteiger charge is 2.22.